The van der Waals surface area contributed by atoms with E-state index >= 15 is 0 Å². The Morgan fingerprint density at radius 2 is 0.945 bits per heavy atom. The minimum Gasteiger partial charge on any atom is -0.423 e. The molecular formula is C30H22N12O9S4. The summed E-state index contributed by atoms with van der Waals surface area (Å²) in [6.45, 7) is 0. The second-order valence-corrected chi connectivity index (χ2v) is 13.0. The highest BCUT2D eigenvalue weighted by Crippen LogP contribution is 2.46. The van der Waals surface area contributed by atoms with Crippen molar-refractivity contribution in [2.75, 3.05) is 5.73 Å². The normalized spacial score (nSPS) is 13.5. The summed E-state index contributed by atoms with van der Waals surface area (Å²) in [6, 6.07) is 11.3. The summed E-state index contributed by atoms with van der Waals surface area (Å²) >= 11 is 20.0. The van der Waals surface area contributed by atoms with Gasteiger partial charge in [-0.2, -0.15) is 4.98 Å². The molecule has 1 unspecified atom stereocenters. The monoisotopic (exact) mass is 822 g/mol. The van der Waals surface area contributed by atoms with E-state index in [-0.39, 0.29) is 82.6 Å². The van der Waals surface area contributed by atoms with E-state index in [4.69, 9.17) is 64.1 Å². The first-order valence-corrected chi connectivity index (χ1v) is 16.7. The van der Waals surface area contributed by atoms with Gasteiger partial charge in [0.05, 0.1) is 43.9 Å². The number of rotatable bonds is 4. The van der Waals surface area contributed by atoms with E-state index in [2.05, 4.69) is 39.9 Å². The highest BCUT2D eigenvalue weighted by atomic mass is 32.1. The van der Waals surface area contributed by atoms with Crippen LogP contribution in [0.3, 0.4) is 0 Å². The molecule has 21 nitrogen and oxygen atoms in total. The lowest BCUT2D eigenvalue weighted by Crippen LogP contribution is -2.29. The minimum atomic E-state index is -0.851. The van der Waals surface area contributed by atoms with Crippen LogP contribution < -0.4 is 38.0 Å². The van der Waals surface area contributed by atoms with Crippen molar-refractivity contribution < 1.29 is 19.3 Å². The molecule has 25 heteroatoms. The number of anilines is 1. The van der Waals surface area contributed by atoms with E-state index < -0.39 is 38.4 Å². The Hall–Kier alpha value is -6.80. The Morgan fingerprint density at radius 1 is 0.582 bits per heavy atom. The van der Waals surface area contributed by atoms with Gasteiger partial charge < -0.3 is 41.3 Å². The van der Waals surface area contributed by atoms with Crippen LogP contribution in [0.4, 0.5) is 17.2 Å². The van der Waals surface area contributed by atoms with Gasteiger partial charge in [0.25, 0.3) is 28.1 Å². The topological polar surface area (TPSA) is 340 Å². The lowest BCUT2D eigenvalue weighted by Gasteiger charge is -2.27. The van der Waals surface area contributed by atoms with Crippen LogP contribution in [0, 0.1) is 39.3 Å². The molecule has 0 radical (unpaired) electrons. The zero-order chi connectivity index (χ0) is 38.6. The fourth-order valence-electron chi connectivity index (χ4n) is 6.02. The number of hydrogen-bond donors (Lipinski definition) is 9. The molecule has 2 aliphatic rings. The first kappa shape index (κ1) is 37.9. The standard InChI is InChI=1S/C15H10N6O4S2.C15H9N5O5S2.H3N/c16-10-8-7(5-1-3-6(4-2-5)21(23)24)9-11(22)18-15(27)20-13(9)25-12(8)19-14(26)17-10;21-10-8-7(5-1-3-6(4-2-5)20(23)24)9-11(22)17-15(27)19-13(9)25-12(8)18-14(26)16-10;/h1-4,7H,(H3,16,17,19,26)(H2,18,20,22,27);1-4,7H,(H2,16,18,21,26)(H2,17,19,22,27);1H3. The molecule has 4 aromatic heterocycles. The lowest BCUT2D eigenvalue weighted by atomic mass is 9.85. The Kier molecular flexibility index (Phi) is 10.0. The average Bonchev–Trinajstić information content (AvgIpc) is 3.09. The number of benzene rings is 2. The Labute approximate surface area is 323 Å². The number of aromatic amines is 7. The predicted octanol–water partition coefficient (Wildman–Crippen LogP) is 5.20. The van der Waals surface area contributed by atoms with E-state index in [0.717, 1.165) is 0 Å². The SMILES string of the molecule is N.Nc1[nH]c(=S)nc2c1C(c1ccc([N+](=O)[O-])cc1)c1c([nH]c(=S)[nH]c1=O)O2.O=c1[nH]c(=S)[nH]c2c1C(c1ccc([N+](=O)[O-])cc1)c1c([nH]c(=S)[nH]c1=O)O2. The van der Waals surface area contributed by atoms with Gasteiger partial charge >= 0.3 is 0 Å². The van der Waals surface area contributed by atoms with Crippen LogP contribution in [0.15, 0.2) is 62.9 Å². The number of fused-ring (bicyclic) bond motifs is 4. The Balaban J connectivity index is 0.000000184. The third-order valence-electron chi connectivity index (χ3n) is 8.23. The maximum absolute atomic E-state index is 12.6. The maximum atomic E-state index is 12.6. The molecule has 0 saturated heterocycles. The van der Waals surface area contributed by atoms with E-state index in [1.165, 1.54) is 36.4 Å². The molecule has 6 heterocycles. The zero-order valence-electron chi connectivity index (χ0n) is 27.2. The van der Waals surface area contributed by atoms with Gasteiger partial charge in [-0.1, -0.05) is 24.3 Å². The molecular weight excluding hydrogens is 801 g/mol. The van der Waals surface area contributed by atoms with Gasteiger partial charge in [0.15, 0.2) is 14.3 Å². The van der Waals surface area contributed by atoms with E-state index in [1.807, 2.05) is 0 Å². The van der Waals surface area contributed by atoms with Gasteiger partial charge in [-0.15, -0.1) is 0 Å². The molecule has 1 atom stereocenters. The molecule has 2 aromatic carbocycles. The largest absolute Gasteiger partial charge is 0.423 e. The number of nitrogens with zero attached hydrogens (tertiary/aromatic N) is 3. The highest BCUT2D eigenvalue weighted by molar-refractivity contribution is 7.71. The quantitative estimate of drug-likeness (QED) is 0.0626. The van der Waals surface area contributed by atoms with Crippen LogP contribution in [-0.4, -0.2) is 49.7 Å². The van der Waals surface area contributed by atoms with Gasteiger partial charge in [0.2, 0.25) is 28.3 Å². The summed E-state index contributed by atoms with van der Waals surface area (Å²) in [5.74, 6) is -0.988. The van der Waals surface area contributed by atoms with Crippen molar-refractivity contribution in [2.45, 2.75) is 11.8 Å². The molecule has 2 aliphatic heterocycles. The second-order valence-electron chi connectivity index (χ2n) is 11.4. The van der Waals surface area contributed by atoms with Gasteiger partial charge in [-0.3, -0.25) is 49.6 Å². The number of hydrogen-bond acceptors (Lipinski definition) is 16. The number of nitrogen functional groups attached to an aromatic ring is 1. The van der Waals surface area contributed by atoms with Crippen molar-refractivity contribution in [1.29, 1.82) is 0 Å². The van der Waals surface area contributed by atoms with Crippen molar-refractivity contribution in [2.24, 2.45) is 0 Å². The number of ether oxygens (including phenoxy) is 2. The Bertz CT molecular complexity index is 2910. The zero-order valence-corrected chi connectivity index (χ0v) is 30.5. The van der Waals surface area contributed by atoms with E-state index in [0.29, 0.717) is 16.7 Å². The van der Waals surface area contributed by atoms with Crippen LogP contribution >= 0.6 is 48.9 Å². The fourth-order valence-corrected chi connectivity index (χ4v) is 6.77. The minimum absolute atomic E-state index is 0. The molecule has 0 spiro atoms. The lowest BCUT2D eigenvalue weighted by molar-refractivity contribution is -0.385. The molecule has 55 heavy (non-hydrogen) atoms. The molecule has 0 bridgehead atoms. The number of aromatic nitrogens is 8. The smallest absolute Gasteiger partial charge is 0.269 e. The van der Waals surface area contributed by atoms with Gasteiger partial charge in [-0.05, 0) is 60.0 Å². The first-order valence-electron chi connectivity index (χ1n) is 15.0. The van der Waals surface area contributed by atoms with Gasteiger partial charge in [0, 0.05) is 24.3 Å². The average molecular weight is 823 g/mol. The highest BCUT2D eigenvalue weighted by Gasteiger charge is 2.37. The molecule has 0 fully saturated rings. The van der Waals surface area contributed by atoms with Crippen LogP contribution in [0.1, 0.15) is 45.2 Å². The summed E-state index contributed by atoms with van der Waals surface area (Å²) in [4.78, 5) is 81.1. The summed E-state index contributed by atoms with van der Waals surface area (Å²) < 4.78 is 11.6. The number of nitrogens with two attached hydrogens (primary N) is 1. The molecule has 8 rings (SSSR count). The molecule has 12 N–H and O–H groups in total. The summed E-state index contributed by atoms with van der Waals surface area (Å²) in [5.41, 5.74) is 6.31. The van der Waals surface area contributed by atoms with Crippen molar-refractivity contribution in [3.8, 4) is 23.5 Å². The number of nitrogens with one attached hydrogen (secondary N) is 7. The van der Waals surface area contributed by atoms with Gasteiger partial charge in [-0.25, -0.2) is 0 Å². The van der Waals surface area contributed by atoms with Crippen LogP contribution in [0.2, 0.25) is 0 Å². The summed E-state index contributed by atoms with van der Waals surface area (Å²) in [6.07, 6.45) is 0. The predicted molar refractivity (Wildman–Crippen MR) is 204 cm³/mol. The summed E-state index contributed by atoms with van der Waals surface area (Å²) in [5, 5.41) is 21.8. The first-order chi connectivity index (χ1) is 25.7. The van der Waals surface area contributed by atoms with Crippen LogP contribution in [0.25, 0.3) is 0 Å². The number of non-ortho nitro benzene ring substituents is 2. The number of nitro groups is 2. The van der Waals surface area contributed by atoms with E-state index in [9.17, 15) is 34.6 Å². The number of nitro benzene ring substituents is 2. The van der Waals surface area contributed by atoms with Crippen molar-refractivity contribution in [1.82, 2.24) is 46.0 Å². The molecule has 280 valence electrons. The van der Waals surface area contributed by atoms with Crippen LogP contribution in [0.5, 0.6) is 23.5 Å². The third kappa shape index (κ3) is 7.02. The van der Waals surface area contributed by atoms with Crippen molar-refractivity contribution >= 4 is 66.1 Å². The van der Waals surface area contributed by atoms with Crippen molar-refractivity contribution in [3.05, 3.63) is 152 Å². The molecule has 6 aromatic rings. The van der Waals surface area contributed by atoms with Crippen molar-refractivity contribution in [3.63, 3.8) is 0 Å². The molecule has 0 saturated carbocycles. The Morgan fingerprint density at radius 3 is 1.33 bits per heavy atom. The number of H-pyrrole nitrogens is 7. The van der Waals surface area contributed by atoms with Crippen LogP contribution in [-0.2, 0) is 0 Å². The van der Waals surface area contributed by atoms with Gasteiger partial charge in [0.1, 0.15) is 5.82 Å². The molecule has 0 amide bonds. The van der Waals surface area contributed by atoms with E-state index in [1.54, 1.807) is 12.1 Å². The second kappa shape index (κ2) is 14.6. The third-order valence-corrected chi connectivity index (χ3v) is 9.03. The maximum Gasteiger partial charge on any atom is 0.269 e. The fraction of sp³-hybridized carbons (Fsp3) is 0.0667. The summed E-state index contributed by atoms with van der Waals surface area (Å²) in [7, 11) is 0. The molecule has 0 aliphatic carbocycles.